The number of fused-ring (bicyclic) bond motifs is 1. The van der Waals surface area contributed by atoms with E-state index in [1.165, 1.54) is 61.1 Å². The highest BCUT2D eigenvalue weighted by atomic mass is 32.2. The number of carbonyl (C=O) groups is 1. The minimum Gasteiger partial charge on any atom is -0.507 e. The summed E-state index contributed by atoms with van der Waals surface area (Å²) in [6, 6.07) is 5.67. The summed E-state index contributed by atoms with van der Waals surface area (Å²) < 4.78 is 38.2. The number of amides is 1. The minimum atomic E-state index is -4.63. The monoisotopic (exact) mass is 635 g/mol. The molecule has 0 bridgehead atoms. The van der Waals surface area contributed by atoms with Crippen molar-refractivity contribution in [2.75, 3.05) is 31.6 Å². The fourth-order valence-corrected chi connectivity index (χ4v) is 5.90. The highest BCUT2D eigenvalue weighted by Gasteiger charge is 2.45. The maximum absolute atomic E-state index is 12.3. The van der Waals surface area contributed by atoms with Crippen molar-refractivity contribution in [2.45, 2.75) is 77.0 Å². The van der Waals surface area contributed by atoms with Crippen LogP contribution < -0.4 is 10.0 Å². The minimum absolute atomic E-state index is 0.266. The number of para-hydroxylation sites is 1. The van der Waals surface area contributed by atoms with E-state index in [2.05, 4.69) is 45.9 Å². The molecule has 1 saturated heterocycles. The lowest BCUT2D eigenvalue weighted by Crippen LogP contribution is -2.37. The first kappa shape index (κ1) is 33.5. The number of aromatic hydroxyl groups is 1. The lowest BCUT2D eigenvalue weighted by molar-refractivity contribution is -0.0468. The van der Waals surface area contributed by atoms with Gasteiger partial charge in [0.25, 0.3) is 5.91 Å². The van der Waals surface area contributed by atoms with Crippen LogP contribution in [-0.4, -0.2) is 105 Å². The van der Waals surface area contributed by atoms with Gasteiger partial charge in [-0.05, 0) is 44.6 Å². The van der Waals surface area contributed by atoms with Gasteiger partial charge in [0.05, 0.1) is 18.5 Å². The average Bonchev–Trinajstić information content (AvgIpc) is 3.74. The summed E-state index contributed by atoms with van der Waals surface area (Å²) >= 11 is 0. The number of benzene rings is 1. The number of ether oxygens (including phenoxy) is 1. The van der Waals surface area contributed by atoms with Crippen molar-refractivity contribution in [1.29, 1.82) is 0 Å². The Morgan fingerprint density at radius 3 is 2.39 bits per heavy atom. The Kier molecular flexibility index (Phi) is 11.5. The van der Waals surface area contributed by atoms with Crippen LogP contribution in [0, 0.1) is 0 Å². The molecule has 15 nitrogen and oxygen atoms in total. The third-order valence-electron chi connectivity index (χ3n) is 7.76. The van der Waals surface area contributed by atoms with Crippen LogP contribution >= 0.6 is 0 Å². The molecule has 3 aromatic rings. The Morgan fingerprint density at radius 2 is 1.75 bits per heavy atom. The van der Waals surface area contributed by atoms with E-state index in [1.807, 2.05) is 0 Å². The second-order valence-electron chi connectivity index (χ2n) is 10.5. The molecule has 1 aliphatic carbocycles. The third kappa shape index (κ3) is 7.99. The van der Waals surface area contributed by atoms with Crippen molar-refractivity contribution in [1.82, 2.24) is 29.1 Å². The van der Waals surface area contributed by atoms with Crippen LogP contribution in [-0.2, 0) is 19.2 Å². The van der Waals surface area contributed by atoms with Crippen LogP contribution in [0.1, 0.15) is 63.0 Å². The van der Waals surface area contributed by atoms with Crippen molar-refractivity contribution in [3.8, 4) is 5.75 Å². The van der Waals surface area contributed by atoms with E-state index >= 15 is 0 Å². The van der Waals surface area contributed by atoms with Gasteiger partial charge in [0.2, 0.25) is 0 Å². The molecule has 2 aliphatic rings. The first-order valence-corrected chi connectivity index (χ1v) is 16.2. The Bertz CT molecular complexity index is 1490. The highest BCUT2D eigenvalue weighted by molar-refractivity contribution is 7.85. The number of anilines is 1. The molecule has 0 spiro atoms. The predicted molar refractivity (Wildman–Crippen MR) is 161 cm³/mol. The molecule has 5 N–H and O–H groups in total. The van der Waals surface area contributed by atoms with E-state index < -0.39 is 53.1 Å². The zero-order valence-corrected chi connectivity index (χ0v) is 25.9. The highest BCUT2D eigenvalue weighted by Crippen LogP contribution is 2.33. The molecule has 2 aromatic heterocycles. The van der Waals surface area contributed by atoms with Crippen LogP contribution in [0.15, 0.2) is 36.9 Å². The van der Waals surface area contributed by atoms with E-state index in [1.54, 1.807) is 4.72 Å². The molecular formula is C28H41N7O8S. The molecule has 0 unspecified atom stereocenters. The zero-order valence-electron chi connectivity index (χ0n) is 25.0. The van der Waals surface area contributed by atoms with Gasteiger partial charge in [-0.25, -0.2) is 19.7 Å². The van der Waals surface area contributed by atoms with Crippen molar-refractivity contribution in [2.24, 2.45) is 0 Å². The largest absolute Gasteiger partial charge is 0.507 e. The summed E-state index contributed by atoms with van der Waals surface area (Å²) in [6.07, 6.45) is 1.72. The van der Waals surface area contributed by atoms with Crippen LogP contribution in [0.3, 0.4) is 0 Å². The van der Waals surface area contributed by atoms with Gasteiger partial charge in [0.15, 0.2) is 23.2 Å². The SMILES string of the molecule is CCN(CC)CC.O=C(NS(=O)(=O)OC[C@H]1O[C@@H](n2cnc3c(NC4CCCC4)ncnc32)[C@H](O)[C@@H]1O)c1ccccc1O. The summed E-state index contributed by atoms with van der Waals surface area (Å²) in [5, 5.41) is 34.2. The first-order chi connectivity index (χ1) is 21.1. The zero-order chi connectivity index (χ0) is 31.9. The maximum Gasteiger partial charge on any atom is 0.362 e. The molecule has 1 aromatic carbocycles. The maximum atomic E-state index is 12.3. The summed E-state index contributed by atoms with van der Waals surface area (Å²) in [6.45, 7) is 9.42. The van der Waals surface area contributed by atoms with Crippen molar-refractivity contribution in [3.05, 3.63) is 42.5 Å². The van der Waals surface area contributed by atoms with Crippen molar-refractivity contribution in [3.63, 3.8) is 0 Å². The Labute approximate surface area is 256 Å². The van der Waals surface area contributed by atoms with E-state index in [0.29, 0.717) is 17.0 Å². The molecule has 1 saturated carbocycles. The van der Waals surface area contributed by atoms with Crippen LogP contribution in [0.5, 0.6) is 5.75 Å². The number of carbonyl (C=O) groups excluding carboxylic acids is 1. The quantitative estimate of drug-likeness (QED) is 0.203. The molecule has 1 aliphatic heterocycles. The summed E-state index contributed by atoms with van der Waals surface area (Å²) in [7, 11) is -4.63. The lowest BCUT2D eigenvalue weighted by atomic mass is 10.1. The number of nitrogens with zero attached hydrogens (tertiary/aromatic N) is 5. The summed E-state index contributed by atoms with van der Waals surface area (Å²) in [5.74, 6) is -0.959. The first-order valence-electron chi connectivity index (χ1n) is 14.8. The second kappa shape index (κ2) is 15.0. The van der Waals surface area contributed by atoms with Crippen LogP contribution in [0.4, 0.5) is 5.82 Å². The number of phenols is 1. The number of phenolic OH excluding ortho intramolecular Hbond substituents is 1. The third-order valence-corrected chi connectivity index (χ3v) is 8.64. The van der Waals surface area contributed by atoms with Gasteiger partial charge in [-0.3, -0.25) is 13.5 Å². The standard InChI is InChI=1S/C22H26N6O8S.C6H15N/c29-14-8-4-3-7-13(14)21(32)27-37(33,34)35-9-15-17(30)18(31)22(36-15)28-11-25-16-19(23-10-24-20(16)28)26-12-5-1-2-6-12;1-4-7(5-2)6-3/h3-4,7-8,10-12,15,17-18,22,29-31H,1-2,5-6,9H2,(H,27,32)(H,23,24,26);4-6H2,1-3H3/t15-,17-,18-,22-;/m1./s1. The number of hydrogen-bond donors (Lipinski definition) is 5. The molecule has 242 valence electrons. The Morgan fingerprint density at radius 1 is 1.07 bits per heavy atom. The van der Waals surface area contributed by atoms with Crippen LogP contribution in [0.2, 0.25) is 0 Å². The van der Waals surface area contributed by atoms with E-state index in [4.69, 9.17) is 8.92 Å². The molecule has 16 heteroatoms. The molecular weight excluding hydrogens is 594 g/mol. The topological polar surface area (TPSA) is 201 Å². The number of imidazole rings is 1. The smallest absolute Gasteiger partial charge is 0.362 e. The molecule has 0 radical (unpaired) electrons. The molecule has 1 amide bonds. The molecule has 4 atom stereocenters. The molecule has 44 heavy (non-hydrogen) atoms. The molecule has 2 fully saturated rings. The van der Waals surface area contributed by atoms with Gasteiger partial charge in [0.1, 0.15) is 30.4 Å². The number of nitrogens with one attached hydrogen (secondary N) is 2. The van der Waals surface area contributed by atoms with E-state index in [0.717, 1.165) is 25.7 Å². The van der Waals surface area contributed by atoms with Crippen molar-refractivity contribution < 1.29 is 37.5 Å². The fourth-order valence-electron chi connectivity index (χ4n) is 5.20. The van der Waals surface area contributed by atoms with E-state index in [9.17, 15) is 28.5 Å². The van der Waals surface area contributed by atoms with Gasteiger partial charge < -0.3 is 30.3 Å². The number of hydrogen-bond acceptors (Lipinski definition) is 13. The Balaban J connectivity index is 0.000000566. The molecule has 5 rings (SSSR count). The van der Waals surface area contributed by atoms with Gasteiger partial charge >= 0.3 is 10.3 Å². The van der Waals surface area contributed by atoms with Crippen molar-refractivity contribution >= 4 is 33.2 Å². The van der Waals surface area contributed by atoms with Gasteiger partial charge in [-0.1, -0.05) is 45.7 Å². The summed E-state index contributed by atoms with van der Waals surface area (Å²) in [4.78, 5) is 27.4. The van der Waals surface area contributed by atoms with E-state index in [-0.39, 0.29) is 11.6 Å². The summed E-state index contributed by atoms with van der Waals surface area (Å²) in [5.41, 5.74) is 0.558. The number of aliphatic hydroxyl groups excluding tert-OH is 2. The average molecular weight is 636 g/mol. The van der Waals surface area contributed by atoms with Crippen LogP contribution in [0.25, 0.3) is 11.2 Å². The second-order valence-corrected chi connectivity index (χ2v) is 11.9. The van der Waals surface area contributed by atoms with Gasteiger partial charge in [0, 0.05) is 6.04 Å². The number of aliphatic hydroxyl groups is 2. The fraction of sp³-hybridized carbons (Fsp3) is 0.571. The Hall–Kier alpha value is -3.41. The predicted octanol–water partition coefficient (Wildman–Crippen LogP) is 1.55. The molecule has 3 heterocycles. The lowest BCUT2D eigenvalue weighted by Gasteiger charge is -2.17. The normalized spacial score (nSPS) is 22.2. The van der Waals surface area contributed by atoms with Gasteiger partial charge in [-0.15, -0.1) is 0 Å². The number of rotatable bonds is 11. The number of aromatic nitrogens is 4. The van der Waals surface area contributed by atoms with Gasteiger partial charge in [-0.2, -0.15) is 8.42 Å².